The van der Waals surface area contributed by atoms with Crippen LogP contribution in [0.4, 0.5) is 8.78 Å². The predicted octanol–water partition coefficient (Wildman–Crippen LogP) is 2.12. The van der Waals surface area contributed by atoms with Gasteiger partial charge in [-0.1, -0.05) is 11.6 Å². The maximum absolute atomic E-state index is 12.9. The van der Waals surface area contributed by atoms with Crippen LogP contribution in [0.25, 0.3) is 0 Å². The van der Waals surface area contributed by atoms with Gasteiger partial charge < -0.3 is 11.1 Å². The van der Waals surface area contributed by atoms with Crippen LogP contribution in [-0.4, -0.2) is 19.0 Å². The Morgan fingerprint density at radius 3 is 2.53 bits per heavy atom. The van der Waals surface area contributed by atoms with E-state index in [1.54, 1.807) is 0 Å². The van der Waals surface area contributed by atoms with Crippen LogP contribution >= 0.6 is 24.0 Å². The summed E-state index contributed by atoms with van der Waals surface area (Å²) in [5, 5.41) is 2.37. The van der Waals surface area contributed by atoms with E-state index in [9.17, 15) is 13.6 Å². The second-order valence-electron chi connectivity index (χ2n) is 3.14. The van der Waals surface area contributed by atoms with Gasteiger partial charge in [0.05, 0.1) is 10.6 Å². The minimum absolute atomic E-state index is 0. The molecule has 96 valence electrons. The lowest BCUT2D eigenvalue weighted by Crippen LogP contribution is -2.26. The highest BCUT2D eigenvalue weighted by molar-refractivity contribution is 6.33. The van der Waals surface area contributed by atoms with Gasteiger partial charge in [0.15, 0.2) is 11.6 Å². The second kappa shape index (κ2) is 7.42. The number of nitrogens with one attached hydrogen (secondary N) is 1. The van der Waals surface area contributed by atoms with E-state index < -0.39 is 17.5 Å². The minimum atomic E-state index is -1.10. The van der Waals surface area contributed by atoms with Crippen LogP contribution in [0.5, 0.6) is 0 Å². The lowest BCUT2D eigenvalue weighted by molar-refractivity contribution is 0.0953. The van der Waals surface area contributed by atoms with Gasteiger partial charge in [-0.2, -0.15) is 0 Å². The van der Waals surface area contributed by atoms with E-state index in [0.29, 0.717) is 19.5 Å². The molecule has 0 bridgehead atoms. The fourth-order valence-corrected chi connectivity index (χ4v) is 1.33. The third kappa shape index (κ3) is 4.46. The van der Waals surface area contributed by atoms with Crippen molar-refractivity contribution in [3.05, 3.63) is 34.4 Å². The molecule has 0 saturated heterocycles. The fourth-order valence-electron chi connectivity index (χ4n) is 1.10. The summed E-state index contributed by atoms with van der Waals surface area (Å²) in [5.74, 6) is -2.73. The number of benzene rings is 1. The molecular weight excluding hydrogens is 273 g/mol. The predicted molar refractivity (Wildman–Crippen MR) is 64.6 cm³/mol. The molecule has 0 unspecified atom stereocenters. The lowest BCUT2D eigenvalue weighted by atomic mass is 10.2. The van der Waals surface area contributed by atoms with Gasteiger partial charge in [0, 0.05) is 6.54 Å². The molecule has 1 aromatic rings. The number of halogens is 4. The van der Waals surface area contributed by atoms with E-state index in [1.165, 1.54) is 0 Å². The van der Waals surface area contributed by atoms with Gasteiger partial charge >= 0.3 is 0 Å². The standard InChI is InChI=1S/C10H11ClF2N2O.ClH/c11-7-5-9(13)8(12)4-6(7)10(16)15-3-1-2-14;/h4-5H,1-3,14H2,(H,15,16);1H. The summed E-state index contributed by atoms with van der Waals surface area (Å²) in [4.78, 5) is 11.5. The van der Waals surface area contributed by atoms with Crippen molar-refractivity contribution in [1.29, 1.82) is 0 Å². The van der Waals surface area contributed by atoms with Gasteiger partial charge in [-0.15, -0.1) is 12.4 Å². The van der Waals surface area contributed by atoms with Crippen LogP contribution in [-0.2, 0) is 0 Å². The zero-order chi connectivity index (χ0) is 12.1. The average Bonchev–Trinajstić information content (AvgIpc) is 2.23. The third-order valence-corrected chi connectivity index (χ3v) is 2.23. The maximum atomic E-state index is 12.9. The zero-order valence-electron chi connectivity index (χ0n) is 8.80. The Bertz CT molecular complexity index is 402. The molecule has 0 fully saturated rings. The quantitative estimate of drug-likeness (QED) is 0.657. The number of hydrogen-bond donors (Lipinski definition) is 2. The van der Waals surface area contributed by atoms with Crippen molar-refractivity contribution in [3.8, 4) is 0 Å². The Balaban J connectivity index is 0.00000256. The maximum Gasteiger partial charge on any atom is 0.252 e. The first-order valence-corrected chi connectivity index (χ1v) is 5.07. The highest BCUT2D eigenvalue weighted by Crippen LogP contribution is 2.19. The lowest BCUT2D eigenvalue weighted by Gasteiger charge is -2.06. The molecule has 3 nitrogen and oxygen atoms in total. The first kappa shape index (κ1) is 16.1. The number of rotatable bonds is 4. The number of nitrogens with two attached hydrogens (primary N) is 1. The normalized spacial score (nSPS) is 9.65. The van der Waals surface area contributed by atoms with Crippen molar-refractivity contribution < 1.29 is 13.6 Å². The van der Waals surface area contributed by atoms with Gasteiger partial charge in [-0.25, -0.2) is 8.78 Å². The molecule has 1 aromatic carbocycles. The molecule has 0 spiro atoms. The van der Waals surface area contributed by atoms with Crippen LogP contribution in [0.1, 0.15) is 16.8 Å². The highest BCUT2D eigenvalue weighted by Gasteiger charge is 2.14. The largest absolute Gasteiger partial charge is 0.352 e. The van der Waals surface area contributed by atoms with Gasteiger partial charge in [-0.05, 0) is 25.1 Å². The van der Waals surface area contributed by atoms with Crippen molar-refractivity contribution in [2.24, 2.45) is 5.73 Å². The molecular formula is C10H12Cl2F2N2O. The molecule has 0 aliphatic carbocycles. The first-order chi connectivity index (χ1) is 7.56. The fraction of sp³-hybridized carbons (Fsp3) is 0.300. The third-order valence-electron chi connectivity index (χ3n) is 1.92. The van der Waals surface area contributed by atoms with Gasteiger partial charge in [0.2, 0.25) is 0 Å². The summed E-state index contributed by atoms with van der Waals surface area (Å²) in [7, 11) is 0. The molecule has 0 saturated carbocycles. The number of amides is 1. The van der Waals surface area contributed by atoms with E-state index in [-0.39, 0.29) is 23.0 Å². The van der Waals surface area contributed by atoms with Gasteiger partial charge in [0.25, 0.3) is 5.91 Å². The highest BCUT2D eigenvalue weighted by atomic mass is 35.5. The summed E-state index contributed by atoms with van der Waals surface area (Å²) >= 11 is 5.62. The van der Waals surface area contributed by atoms with Crippen LogP contribution < -0.4 is 11.1 Å². The summed E-state index contributed by atoms with van der Waals surface area (Å²) < 4.78 is 25.6. The Hall–Kier alpha value is -0.910. The average molecular weight is 285 g/mol. The Labute approximate surface area is 109 Å². The summed E-state index contributed by atoms with van der Waals surface area (Å²) in [5.41, 5.74) is 5.15. The number of carbonyl (C=O) groups excluding carboxylic acids is 1. The molecule has 0 aliphatic rings. The van der Waals surface area contributed by atoms with E-state index in [0.717, 1.165) is 12.1 Å². The van der Waals surface area contributed by atoms with Crippen LogP contribution in [0.15, 0.2) is 12.1 Å². The minimum Gasteiger partial charge on any atom is -0.352 e. The molecule has 0 heterocycles. The van der Waals surface area contributed by atoms with Gasteiger partial charge in [-0.3, -0.25) is 4.79 Å². The van der Waals surface area contributed by atoms with Crippen molar-refractivity contribution in [2.45, 2.75) is 6.42 Å². The SMILES string of the molecule is Cl.NCCCNC(=O)c1cc(F)c(F)cc1Cl. The molecule has 3 N–H and O–H groups in total. The first-order valence-electron chi connectivity index (χ1n) is 4.69. The Kier molecular flexibility index (Phi) is 7.03. The molecule has 17 heavy (non-hydrogen) atoms. The smallest absolute Gasteiger partial charge is 0.252 e. The van der Waals surface area contributed by atoms with Crippen LogP contribution in [0.3, 0.4) is 0 Å². The number of hydrogen-bond acceptors (Lipinski definition) is 2. The van der Waals surface area contributed by atoms with Crippen molar-refractivity contribution in [3.63, 3.8) is 0 Å². The topological polar surface area (TPSA) is 55.1 Å². The van der Waals surface area contributed by atoms with Crippen molar-refractivity contribution >= 4 is 29.9 Å². The Morgan fingerprint density at radius 2 is 1.94 bits per heavy atom. The van der Waals surface area contributed by atoms with Crippen LogP contribution in [0.2, 0.25) is 5.02 Å². The summed E-state index contributed by atoms with van der Waals surface area (Å²) in [6.45, 7) is 0.802. The molecule has 7 heteroatoms. The van der Waals surface area contributed by atoms with E-state index in [4.69, 9.17) is 17.3 Å². The molecule has 1 rings (SSSR count). The molecule has 0 atom stereocenters. The van der Waals surface area contributed by atoms with Crippen molar-refractivity contribution in [2.75, 3.05) is 13.1 Å². The summed E-state index contributed by atoms with van der Waals surface area (Å²) in [6.07, 6.45) is 0.604. The molecule has 0 aromatic heterocycles. The second-order valence-corrected chi connectivity index (χ2v) is 3.55. The van der Waals surface area contributed by atoms with E-state index >= 15 is 0 Å². The zero-order valence-corrected chi connectivity index (χ0v) is 10.4. The van der Waals surface area contributed by atoms with E-state index in [2.05, 4.69) is 5.32 Å². The summed E-state index contributed by atoms with van der Waals surface area (Å²) in [6, 6.07) is 1.55. The molecule has 0 aliphatic heterocycles. The Morgan fingerprint density at radius 1 is 1.35 bits per heavy atom. The van der Waals surface area contributed by atoms with Crippen LogP contribution in [0, 0.1) is 11.6 Å². The van der Waals surface area contributed by atoms with E-state index in [1.807, 2.05) is 0 Å². The van der Waals surface area contributed by atoms with Crippen molar-refractivity contribution in [1.82, 2.24) is 5.32 Å². The molecule has 0 radical (unpaired) electrons. The monoisotopic (exact) mass is 284 g/mol. The van der Waals surface area contributed by atoms with Gasteiger partial charge in [0.1, 0.15) is 0 Å². The number of carbonyl (C=O) groups is 1. The molecule has 1 amide bonds.